The second-order valence-electron chi connectivity index (χ2n) is 19.6. The van der Waals surface area contributed by atoms with Crippen LogP contribution in [0.2, 0.25) is 0 Å². The van der Waals surface area contributed by atoms with E-state index in [0.717, 1.165) is 41.9 Å². The van der Waals surface area contributed by atoms with Gasteiger partial charge in [0.15, 0.2) is 0 Å². The molecule has 2 aliphatic heterocycles. The molecular weight excluding hydrogens is 942 g/mol. The van der Waals surface area contributed by atoms with Crippen molar-refractivity contribution in [1.29, 1.82) is 0 Å². The Kier molecular flexibility index (Phi) is 14.8. The first-order valence-electron chi connectivity index (χ1n) is 23.8. The fourth-order valence-corrected chi connectivity index (χ4v) is 10.5. The van der Waals surface area contributed by atoms with Crippen LogP contribution in [0, 0.1) is 28.4 Å². The fraction of sp³-hybridized carbons (Fsp3) is 0.431. The molecule has 71 heavy (non-hydrogen) atoms. The molecule has 1 atom stereocenters. The number of rotatable bonds is 15. The highest BCUT2D eigenvalue weighted by molar-refractivity contribution is 7.90. The van der Waals surface area contributed by atoms with Gasteiger partial charge in [-0.25, -0.2) is 18.1 Å². The number of nitro groups is 1. The van der Waals surface area contributed by atoms with E-state index in [0.29, 0.717) is 75.7 Å². The average molecular weight is 1000 g/mol. The van der Waals surface area contributed by atoms with E-state index in [1.807, 2.05) is 13.8 Å². The van der Waals surface area contributed by atoms with Crippen LogP contribution in [-0.4, -0.2) is 110 Å². The van der Waals surface area contributed by atoms with Gasteiger partial charge in [0.2, 0.25) is 5.91 Å². The summed E-state index contributed by atoms with van der Waals surface area (Å²) in [5, 5.41) is 16.0. The summed E-state index contributed by atoms with van der Waals surface area (Å²) >= 11 is 0. The van der Waals surface area contributed by atoms with Gasteiger partial charge in [-0.05, 0) is 103 Å². The number of fused-ring (bicyclic) bond motifs is 1. The zero-order chi connectivity index (χ0) is 50.8. The summed E-state index contributed by atoms with van der Waals surface area (Å²) in [6.45, 7) is 14.5. The number of alkyl halides is 3. The number of H-pyrrole nitrogens is 1. The summed E-state index contributed by atoms with van der Waals surface area (Å²) in [5.41, 5.74) is 3.90. The third-order valence-corrected chi connectivity index (χ3v) is 14.8. The maximum atomic E-state index is 14.0. The summed E-state index contributed by atoms with van der Waals surface area (Å²) in [5.74, 6) is -0.837. The minimum absolute atomic E-state index is 0.000543. The number of halogens is 3. The number of piperazine rings is 1. The number of amides is 2. The van der Waals surface area contributed by atoms with Crippen molar-refractivity contribution in [2.75, 3.05) is 69.2 Å². The number of carbonyl (C=O) groups excluding carboxylic acids is 2. The van der Waals surface area contributed by atoms with Crippen LogP contribution in [0.1, 0.15) is 80.4 Å². The lowest BCUT2D eigenvalue weighted by molar-refractivity contribution is -0.384. The van der Waals surface area contributed by atoms with Crippen molar-refractivity contribution in [2.24, 2.45) is 11.3 Å². The van der Waals surface area contributed by atoms with Crippen molar-refractivity contribution in [3.8, 4) is 11.5 Å². The fourth-order valence-electron chi connectivity index (χ4n) is 9.53. The summed E-state index contributed by atoms with van der Waals surface area (Å²) in [6.07, 6.45) is 1.48. The number of nitrogens with zero attached hydrogens (tertiary/aromatic N) is 5. The van der Waals surface area contributed by atoms with E-state index in [1.165, 1.54) is 42.1 Å². The lowest BCUT2D eigenvalue weighted by Crippen LogP contribution is -2.47. The molecule has 2 amide bonds. The molecule has 2 fully saturated rings. The van der Waals surface area contributed by atoms with Gasteiger partial charge in [-0.1, -0.05) is 39.3 Å². The lowest BCUT2D eigenvalue weighted by atomic mass is 9.72. The van der Waals surface area contributed by atoms with Crippen LogP contribution >= 0.6 is 0 Å². The number of pyridine rings is 1. The number of anilines is 2. The highest BCUT2D eigenvalue weighted by atomic mass is 32.2. The zero-order valence-electron chi connectivity index (χ0n) is 40.4. The number of ether oxygens (including phenoxy) is 2. The van der Waals surface area contributed by atoms with Crippen LogP contribution in [0.4, 0.5) is 30.2 Å². The maximum Gasteiger partial charge on any atom is 0.416 e. The summed E-state index contributed by atoms with van der Waals surface area (Å²) in [4.78, 5) is 51.2. The first kappa shape index (κ1) is 50.9. The summed E-state index contributed by atoms with van der Waals surface area (Å²) in [7, 11) is -4.66. The number of nitrogens with one attached hydrogen (secondary N) is 3. The Morgan fingerprint density at radius 2 is 1.80 bits per heavy atom. The van der Waals surface area contributed by atoms with Crippen molar-refractivity contribution < 1.29 is 45.6 Å². The molecule has 3 N–H and O–H groups in total. The number of morpholine rings is 1. The monoisotopic (exact) mass is 1000 g/mol. The van der Waals surface area contributed by atoms with E-state index in [2.05, 4.69) is 43.7 Å². The predicted molar refractivity (Wildman–Crippen MR) is 264 cm³/mol. The van der Waals surface area contributed by atoms with E-state index in [-0.39, 0.29) is 52.6 Å². The molecule has 0 saturated carbocycles. The number of nitro benzene ring substituents is 1. The molecule has 0 unspecified atom stereocenters. The van der Waals surface area contributed by atoms with Gasteiger partial charge in [-0.3, -0.25) is 24.6 Å². The molecule has 0 radical (unpaired) electrons. The van der Waals surface area contributed by atoms with Crippen LogP contribution in [0.15, 0.2) is 89.6 Å². The molecule has 8 rings (SSSR count). The topological polar surface area (TPSA) is 192 Å². The van der Waals surface area contributed by atoms with Gasteiger partial charge in [-0.15, -0.1) is 0 Å². The van der Waals surface area contributed by atoms with Gasteiger partial charge in [0.1, 0.15) is 22.8 Å². The Morgan fingerprint density at radius 3 is 2.52 bits per heavy atom. The van der Waals surface area contributed by atoms with Gasteiger partial charge in [0.25, 0.3) is 21.6 Å². The first-order chi connectivity index (χ1) is 33.6. The van der Waals surface area contributed by atoms with Crippen molar-refractivity contribution in [3.63, 3.8) is 0 Å². The van der Waals surface area contributed by atoms with Gasteiger partial charge < -0.3 is 29.6 Å². The number of aromatic amines is 1. The number of aromatic nitrogens is 2. The van der Waals surface area contributed by atoms with Crippen LogP contribution in [0.5, 0.6) is 11.5 Å². The van der Waals surface area contributed by atoms with E-state index in [9.17, 15) is 41.3 Å². The smallest absolute Gasteiger partial charge is 0.416 e. The second-order valence-corrected chi connectivity index (χ2v) is 21.3. The number of aryl methyl sites for hydroxylation is 1. The average Bonchev–Trinajstić information content (AvgIpc) is 3.80. The number of sulfonamides is 1. The number of carbonyl (C=O) groups is 2. The van der Waals surface area contributed by atoms with E-state index in [4.69, 9.17) is 9.47 Å². The first-order valence-corrected chi connectivity index (χ1v) is 25.2. The molecule has 1 aliphatic carbocycles. The lowest BCUT2D eigenvalue weighted by Gasteiger charge is -2.39. The largest absolute Gasteiger partial charge is 0.455 e. The van der Waals surface area contributed by atoms with Gasteiger partial charge in [0.05, 0.1) is 39.9 Å². The van der Waals surface area contributed by atoms with Gasteiger partial charge in [0, 0.05) is 87.7 Å². The van der Waals surface area contributed by atoms with Crippen LogP contribution in [0.3, 0.4) is 0 Å². The molecule has 378 valence electrons. The molecule has 16 nitrogen and oxygen atoms in total. The molecule has 20 heteroatoms. The Labute approximate surface area is 410 Å². The normalized spacial score (nSPS) is 18.0. The third-order valence-electron chi connectivity index (χ3n) is 13.5. The van der Waals surface area contributed by atoms with Crippen LogP contribution in [0.25, 0.3) is 16.6 Å². The minimum Gasteiger partial charge on any atom is -0.455 e. The van der Waals surface area contributed by atoms with Crippen LogP contribution in [-0.2, 0) is 25.7 Å². The molecule has 5 aromatic rings. The van der Waals surface area contributed by atoms with Gasteiger partial charge >= 0.3 is 6.18 Å². The molecular formula is C51H59F3N8O8S. The van der Waals surface area contributed by atoms with Crippen LogP contribution < -0.4 is 19.7 Å². The van der Waals surface area contributed by atoms with Crippen molar-refractivity contribution in [1.82, 2.24) is 24.5 Å². The van der Waals surface area contributed by atoms with Crippen molar-refractivity contribution in [2.45, 2.75) is 77.5 Å². The SMILES string of the molecule is Cc1cc(C(F)(F)F)ccc1C1=C(CN2CCN(c3ccc(C(=O)NS(=O)(=O)c4ccc(NCC[C@H]5CN(C(=O)C(C)C)CCO5)c([N+](=O)[O-])c4)c(Oc4cnc5[nH]ccc5c4)c3)CC2)CCC(C)(C)C1. The molecule has 3 aromatic carbocycles. The standard InChI is InChI=1S/C51H59F3N8O8S/c1-32(2)49(64)61-22-23-69-38(31-61)14-17-55-44-11-8-40(27-45(44)62(65)66)71(67,68)58-48(63)42-10-7-37(26-46(42)70-39-25-34-13-16-56-47(34)57-29-39)60-20-18-59(19-21-60)30-35-12-15-50(4,5)28-43(35)41-9-6-36(24-33(41)3)51(52,53)54/h6-11,13,16,24-27,29,32,38,55H,12,14-15,17-23,28,30-31H2,1-5H3,(H,56,57)(H,58,63)/t38-/m0/s1. The Hall–Kier alpha value is -6.51. The van der Waals surface area contributed by atoms with Gasteiger partial charge in [-0.2, -0.15) is 13.2 Å². The Morgan fingerprint density at radius 1 is 1.03 bits per heavy atom. The number of hydrogen-bond acceptors (Lipinski definition) is 12. The molecule has 2 saturated heterocycles. The molecule has 3 aliphatic rings. The Balaban J connectivity index is 0.975. The highest BCUT2D eigenvalue weighted by Crippen LogP contribution is 2.45. The summed E-state index contributed by atoms with van der Waals surface area (Å²) in [6, 6.07) is 15.7. The molecule has 2 aromatic heterocycles. The zero-order valence-corrected chi connectivity index (χ0v) is 41.2. The number of benzene rings is 3. The number of hydrogen-bond donors (Lipinski definition) is 3. The number of allylic oxidation sites excluding steroid dienone is 1. The van der Waals surface area contributed by atoms with E-state index < -0.39 is 43.2 Å². The van der Waals surface area contributed by atoms with E-state index in [1.54, 1.807) is 48.4 Å². The molecule has 0 spiro atoms. The van der Waals surface area contributed by atoms with Crippen molar-refractivity contribution >= 4 is 55.5 Å². The second kappa shape index (κ2) is 20.7. The molecule has 0 bridgehead atoms. The minimum atomic E-state index is -4.66. The summed E-state index contributed by atoms with van der Waals surface area (Å²) < 4.78 is 82.5. The highest BCUT2D eigenvalue weighted by Gasteiger charge is 2.34. The Bertz CT molecular complexity index is 2970. The maximum absolute atomic E-state index is 14.0. The predicted octanol–water partition coefficient (Wildman–Crippen LogP) is 9.18. The van der Waals surface area contributed by atoms with Crippen molar-refractivity contribution in [3.05, 3.63) is 117 Å². The molecule has 4 heterocycles. The van der Waals surface area contributed by atoms with E-state index >= 15 is 0 Å². The quantitative estimate of drug-likeness (QED) is 0.0667. The third kappa shape index (κ3) is 12.0.